The second-order valence-electron chi connectivity index (χ2n) is 5.23. The van der Waals surface area contributed by atoms with Crippen molar-refractivity contribution in [3.8, 4) is 0 Å². The van der Waals surface area contributed by atoms with Gasteiger partial charge in [0, 0.05) is 4.88 Å². The number of aryl methyl sites for hydroxylation is 1. The molecule has 110 valence electrons. The molecule has 0 bridgehead atoms. The molecule has 1 aromatic heterocycles. The van der Waals surface area contributed by atoms with E-state index in [-0.39, 0.29) is 12.5 Å². The first kappa shape index (κ1) is 14.8. The Balaban J connectivity index is 1.84. The highest BCUT2D eigenvalue weighted by molar-refractivity contribution is 7.10. The van der Waals surface area contributed by atoms with Crippen LogP contribution < -0.4 is 10.6 Å². The van der Waals surface area contributed by atoms with Gasteiger partial charge in [-0.05, 0) is 42.7 Å². The second-order valence-corrected chi connectivity index (χ2v) is 6.24. The van der Waals surface area contributed by atoms with Crippen LogP contribution in [0.5, 0.6) is 0 Å². The summed E-state index contributed by atoms with van der Waals surface area (Å²) in [5.41, 5.74) is 0.707. The molecule has 5 nitrogen and oxygen atoms in total. The monoisotopic (exact) mass is 296 g/mol. The van der Waals surface area contributed by atoms with Gasteiger partial charge in [0.05, 0.1) is 18.5 Å². The summed E-state index contributed by atoms with van der Waals surface area (Å²) in [4.78, 5) is 23.9. The highest BCUT2D eigenvalue weighted by Crippen LogP contribution is 2.34. The number of hydrogen-bond donors (Lipinski definition) is 3. The zero-order valence-corrected chi connectivity index (χ0v) is 12.4. The minimum Gasteiger partial charge on any atom is -0.481 e. The smallest absolute Gasteiger partial charge is 0.315 e. The van der Waals surface area contributed by atoms with Crippen molar-refractivity contribution in [1.82, 2.24) is 10.6 Å². The Hall–Kier alpha value is -1.56. The lowest BCUT2D eigenvalue weighted by Crippen LogP contribution is -2.57. The lowest BCUT2D eigenvalue weighted by Gasteiger charge is -2.41. The van der Waals surface area contributed by atoms with E-state index in [9.17, 15) is 9.59 Å². The Morgan fingerprint density at radius 3 is 2.75 bits per heavy atom. The number of aliphatic carboxylic acids is 1. The predicted octanol–water partition coefficient (Wildman–Crippen LogP) is 2.51. The molecule has 0 saturated heterocycles. The van der Waals surface area contributed by atoms with E-state index in [1.807, 2.05) is 5.38 Å². The third-order valence-electron chi connectivity index (χ3n) is 3.81. The molecule has 1 aliphatic rings. The van der Waals surface area contributed by atoms with E-state index in [0.717, 1.165) is 30.6 Å². The SMILES string of the molecule is CCc1ccsc1CNC(=O)NC1(CC(=O)O)CCC1. The van der Waals surface area contributed by atoms with Crippen LogP contribution >= 0.6 is 11.3 Å². The summed E-state index contributed by atoms with van der Waals surface area (Å²) in [7, 11) is 0. The van der Waals surface area contributed by atoms with Crippen LogP contribution in [0.25, 0.3) is 0 Å². The fourth-order valence-electron chi connectivity index (χ4n) is 2.52. The number of carbonyl (C=O) groups excluding carboxylic acids is 1. The number of carbonyl (C=O) groups is 2. The highest BCUT2D eigenvalue weighted by Gasteiger charge is 2.40. The van der Waals surface area contributed by atoms with Crippen molar-refractivity contribution in [2.45, 2.75) is 51.1 Å². The number of urea groups is 1. The van der Waals surface area contributed by atoms with Gasteiger partial charge in [-0.25, -0.2) is 4.79 Å². The summed E-state index contributed by atoms with van der Waals surface area (Å²) in [5.74, 6) is -0.864. The van der Waals surface area contributed by atoms with Gasteiger partial charge in [0.1, 0.15) is 0 Å². The molecule has 0 aliphatic heterocycles. The first-order valence-corrected chi connectivity index (χ1v) is 7.76. The molecule has 0 radical (unpaired) electrons. The molecular weight excluding hydrogens is 276 g/mol. The number of hydrogen-bond acceptors (Lipinski definition) is 3. The molecular formula is C14H20N2O3S. The van der Waals surface area contributed by atoms with E-state index < -0.39 is 11.5 Å². The summed E-state index contributed by atoms with van der Waals surface area (Å²) in [6.07, 6.45) is 3.40. The van der Waals surface area contributed by atoms with Crippen molar-refractivity contribution in [1.29, 1.82) is 0 Å². The molecule has 6 heteroatoms. The second kappa shape index (κ2) is 6.26. The van der Waals surface area contributed by atoms with Gasteiger partial charge >= 0.3 is 12.0 Å². The van der Waals surface area contributed by atoms with E-state index in [1.165, 1.54) is 5.56 Å². The van der Waals surface area contributed by atoms with E-state index >= 15 is 0 Å². The molecule has 1 aromatic rings. The number of rotatable bonds is 6. The van der Waals surface area contributed by atoms with Gasteiger partial charge in [0.15, 0.2) is 0 Å². The van der Waals surface area contributed by atoms with Crippen molar-refractivity contribution in [3.05, 3.63) is 21.9 Å². The average Bonchev–Trinajstić information content (AvgIpc) is 2.80. The average molecular weight is 296 g/mol. The van der Waals surface area contributed by atoms with Gasteiger partial charge in [0.2, 0.25) is 0 Å². The Morgan fingerprint density at radius 1 is 1.45 bits per heavy atom. The zero-order chi connectivity index (χ0) is 14.6. The van der Waals surface area contributed by atoms with E-state index in [4.69, 9.17) is 5.11 Å². The minimum absolute atomic E-state index is 0.000365. The van der Waals surface area contributed by atoms with Crippen LogP contribution in [0.4, 0.5) is 4.79 Å². The first-order valence-electron chi connectivity index (χ1n) is 6.88. The van der Waals surface area contributed by atoms with E-state index in [1.54, 1.807) is 11.3 Å². The van der Waals surface area contributed by atoms with Crippen LogP contribution in [0.2, 0.25) is 0 Å². The van der Waals surface area contributed by atoms with Gasteiger partial charge in [-0.1, -0.05) is 6.92 Å². The van der Waals surface area contributed by atoms with Crippen LogP contribution in [0.15, 0.2) is 11.4 Å². The molecule has 0 spiro atoms. The fourth-order valence-corrected chi connectivity index (χ4v) is 3.44. The van der Waals surface area contributed by atoms with Crippen LogP contribution in [0.3, 0.4) is 0 Å². The molecule has 1 heterocycles. The van der Waals surface area contributed by atoms with Gasteiger partial charge < -0.3 is 15.7 Å². The summed E-state index contributed by atoms with van der Waals surface area (Å²) in [6, 6.07) is 1.79. The lowest BCUT2D eigenvalue weighted by molar-refractivity contribution is -0.139. The van der Waals surface area contributed by atoms with Crippen LogP contribution in [-0.2, 0) is 17.8 Å². The number of nitrogens with one attached hydrogen (secondary N) is 2. The fraction of sp³-hybridized carbons (Fsp3) is 0.571. The molecule has 1 aliphatic carbocycles. The molecule has 0 aromatic carbocycles. The maximum atomic E-state index is 11.9. The van der Waals surface area contributed by atoms with Gasteiger partial charge in [-0.2, -0.15) is 0 Å². The highest BCUT2D eigenvalue weighted by atomic mass is 32.1. The normalized spacial score (nSPS) is 16.2. The predicted molar refractivity (Wildman–Crippen MR) is 77.9 cm³/mol. The topological polar surface area (TPSA) is 78.4 Å². The largest absolute Gasteiger partial charge is 0.481 e. The van der Waals surface area contributed by atoms with Crippen molar-refractivity contribution >= 4 is 23.3 Å². The van der Waals surface area contributed by atoms with Gasteiger partial charge in [-0.3, -0.25) is 4.79 Å². The van der Waals surface area contributed by atoms with E-state index in [2.05, 4.69) is 23.6 Å². The Kier molecular flexibility index (Phi) is 4.65. The zero-order valence-electron chi connectivity index (χ0n) is 11.6. The lowest BCUT2D eigenvalue weighted by atomic mass is 9.74. The summed E-state index contributed by atoms with van der Waals surface area (Å²) in [5, 5.41) is 16.6. The quantitative estimate of drug-likeness (QED) is 0.754. The molecule has 1 saturated carbocycles. The number of carboxylic acids is 1. The molecule has 3 N–H and O–H groups in total. The van der Waals surface area contributed by atoms with Crippen molar-refractivity contribution < 1.29 is 14.7 Å². The number of carboxylic acid groups (broad SMARTS) is 1. The van der Waals surface area contributed by atoms with Crippen LogP contribution in [-0.4, -0.2) is 22.6 Å². The number of thiophene rings is 1. The molecule has 0 atom stereocenters. The minimum atomic E-state index is -0.864. The maximum absolute atomic E-state index is 11.9. The third-order valence-corrected chi connectivity index (χ3v) is 4.77. The summed E-state index contributed by atoms with van der Waals surface area (Å²) in [6.45, 7) is 2.58. The van der Waals surface area contributed by atoms with Crippen LogP contribution in [0.1, 0.15) is 43.0 Å². The van der Waals surface area contributed by atoms with Gasteiger partial charge in [-0.15, -0.1) is 11.3 Å². The molecule has 0 unspecified atom stereocenters. The first-order chi connectivity index (χ1) is 9.54. The molecule has 2 amide bonds. The molecule has 20 heavy (non-hydrogen) atoms. The summed E-state index contributed by atoms with van der Waals surface area (Å²) >= 11 is 1.63. The standard InChI is InChI=1S/C14H20N2O3S/c1-2-10-4-7-20-11(10)9-15-13(19)16-14(5-3-6-14)8-12(17)18/h4,7H,2-3,5-6,8-9H2,1H3,(H,17,18)(H2,15,16,19). The van der Waals surface area contributed by atoms with Crippen molar-refractivity contribution in [3.63, 3.8) is 0 Å². The molecule has 1 fully saturated rings. The van der Waals surface area contributed by atoms with Crippen molar-refractivity contribution in [2.75, 3.05) is 0 Å². The Morgan fingerprint density at radius 2 is 2.20 bits per heavy atom. The van der Waals surface area contributed by atoms with E-state index in [0.29, 0.717) is 6.54 Å². The Labute approximate surface area is 122 Å². The molecule has 2 rings (SSSR count). The van der Waals surface area contributed by atoms with Crippen LogP contribution in [0, 0.1) is 0 Å². The maximum Gasteiger partial charge on any atom is 0.315 e. The van der Waals surface area contributed by atoms with Crippen molar-refractivity contribution in [2.24, 2.45) is 0 Å². The number of amides is 2. The summed E-state index contributed by atoms with van der Waals surface area (Å²) < 4.78 is 0. The van der Waals surface area contributed by atoms with Gasteiger partial charge in [0.25, 0.3) is 0 Å². The Bertz CT molecular complexity index is 494. The third kappa shape index (κ3) is 3.50.